The number of unbranched alkanes of at least 4 members (excludes halogenated alkanes) is 2. The molecule has 0 spiro atoms. The third-order valence-electron chi connectivity index (χ3n) is 1.92. The summed E-state index contributed by atoms with van der Waals surface area (Å²) < 4.78 is 0. The smallest absolute Gasteiger partial charge is 0.0236 e. The Kier molecular flexibility index (Phi) is 5.70. The zero-order chi connectivity index (χ0) is 7.98. The van der Waals surface area contributed by atoms with Crippen molar-refractivity contribution in [2.75, 3.05) is 0 Å². The van der Waals surface area contributed by atoms with Crippen LogP contribution in [-0.2, 0) is 0 Å². The molecule has 0 saturated heterocycles. The standard InChI is InChI=1S/C9H20N/c1-4-5-6-7-9(10)8(2)3/h8-10H,4-7H2,1-3H3. The summed E-state index contributed by atoms with van der Waals surface area (Å²) in [5, 5.41) is 0. The van der Waals surface area contributed by atoms with Crippen LogP contribution in [0.3, 0.4) is 0 Å². The van der Waals surface area contributed by atoms with E-state index in [1.807, 2.05) is 0 Å². The molecule has 1 atom stereocenters. The molecule has 1 radical (unpaired) electrons. The number of hydrogen-bond donors (Lipinski definition) is 0. The van der Waals surface area contributed by atoms with Gasteiger partial charge in [0.05, 0.1) is 0 Å². The van der Waals surface area contributed by atoms with Gasteiger partial charge in [0, 0.05) is 6.04 Å². The molecule has 0 aromatic heterocycles. The molecule has 10 heavy (non-hydrogen) atoms. The highest BCUT2D eigenvalue weighted by atomic mass is 14.6. The fourth-order valence-corrected chi connectivity index (χ4v) is 0.948. The molecule has 0 aliphatic rings. The Balaban J connectivity index is 3.13. The SMILES string of the molecule is CCCCCC([NH])C(C)C. The van der Waals surface area contributed by atoms with Gasteiger partial charge < -0.3 is 0 Å². The van der Waals surface area contributed by atoms with Gasteiger partial charge in [-0.2, -0.15) is 0 Å². The fraction of sp³-hybridized carbons (Fsp3) is 1.00. The van der Waals surface area contributed by atoms with Gasteiger partial charge in [-0.15, -0.1) is 0 Å². The second-order valence-electron chi connectivity index (χ2n) is 3.35. The van der Waals surface area contributed by atoms with E-state index in [9.17, 15) is 0 Å². The zero-order valence-corrected chi connectivity index (χ0v) is 7.48. The number of nitrogens with one attached hydrogen (secondary N) is 1. The molecule has 0 heterocycles. The molecule has 0 aromatic carbocycles. The molecule has 0 aliphatic heterocycles. The van der Waals surface area contributed by atoms with Crippen LogP contribution >= 0.6 is 0 Å². The lowest BCUT2D eigenvalue weighted by atomic mass is 9.99. The second kappa shape index (κ2) is 5.72. The van der Waals surface area contributed by atoms with Crippen molar-refractivity contribution in [3.8, 4) is 0 Å². The van der Waals surface area contributed by atoms with Crippen molar-refractivity contribution in [3.05, 3.63) is 0 Å². The lowest BCUT2D eigenvalue weighted by Crippen LogP contribution is -2.16. The van der Waals surface area contributed by atoms with E-state index in [1.165, 1.54) is 19.3 Å². The molecule has 0 bridgehead atoms. The van der Waals surface area contributed by atoms with E-state index in [0.717, 1.165) is 6.42 Å². The van der Waals surface area contributed by atoms with Crippen LogP contribution in [0.1, 0.15) is 46.5 Å². The molecule has 1 N–H and O–H groups in total. The van der Waals surface area contributed by atoms with Crippen LogP contribution in [-0.4, -0.2) is 6.04 Å². The Morgan fingerprint density at radius 2 is 1.80 bits per heavy atom. The van der Waals surface area contributed by atoms with Crippen molar-refractivity contribution in [1.29, 1.82) is 0 Å². The minimum absolute atomic E-state index is 0.173. The first-order valence-electron chi connectivity index (χ1n) is 4.39. The topological polar surface area (TPSA) is 23.8 Å². The summed E-state index contributed by atoms with van der Waals surface area (Å²) in [7, 11) is 0. The molecule has 0 rings (SSSR count). The van der Waals surface area contributed by atoms with Gasteiger partial charge in [-0.05, 0) is 12.3 Å². The molecule has 0 amide bonds. The zero-order valence-electron chi connectivity index (χ0n) is 7.48. The van der Waals surface area contributed by atoms with E-state index in [2.05, 4.69) is 20.8 Å². The molecule has 1 heteroatoms. The first-order chi connectivity index (χ1) is 4.68. The minimum atomic E-state index is 0.173. The summed E-state index contributed by atoms with van der Waals surface area (Å²) in [4.78, 5) is 0. The van der Waals surface area contributed by atoms with Crippen LogP contribution in [0.5, 0.6) is 0 Å². The molecule has 0 aromatic rings. The van der Waals surface area contributed by atoms with E-state index in [4.69, 9.17) is 5.73 Å². The van der Waals surface area contributed by atoms with Crippen molar-refractivity contribution in [2.24, 2.45) is 5.92 Å². The Hall–Kier alpha value is -0.0400. The third kappa shape index (κ3) is 4.80. The van der Waals surface area contributed by atoms with E-state index in [1.54, 1.807) is 0 Å². The van der Waals surface area contributed by atoms with Crippen LogP contribution in [0.15, 0.2) is 0 Å². The molecule has 0 aliphatic carbocycles. The Morgan fingerprint density at radius 3 is 2.20 bits per heavy atom. The quantitative estimate of drug-likeness (QED) is 0.527. The Labute approximate surface area is 65.0 Å². The van der Waals surface area contributed by atoms with Crippen molar-refractivity contribution in [2.45, 2.75) is 52.5 Å². The number of hydrogen-bond acceptors (Lipinski definition) is 0. The maximum Gasteiger partial charge on any atom is 0.0236 e. The monoisotopic (exact) mass is 142 g/mol. The lowest BCUT2D eigenvalue weighted by molar-refractivity contribution is 0.434. The predicted molar refractivity (Wildman–Crippen MR) is 45.9 cm³/mol. The largest absolute Gasteiger partial charge is 0.254 e. The summed E-state index contributed by atoms with van der Waals surface area (Å²) in [6, 6.07) is 0.173. The van der Waals surface area contributed by atoms with Gasteiger partial charge in [-0.3, -0.25) is 5.73 Å². The minimum Gasteiger partial charge on any atom is -0.254 e. The van der Waals surface area contributed by atoms with Gasteiger partial charge in [0.25, 0.3) is 0 Å². The molecular formula is C9H20N. The summed E-state index contributed by atoms with van der Waals surface area (Å²) in [6.07, 6.45) is 4.89. The maximum atomic E-state index is 7.61. The summed E-state index contributed by atoms with van der Waals surface area (Å²) in [6.45, 7) is 6.46. The Morgan fingerprint density at radius 1 is 1.20 bits per heavy atom. The van der Waals surface area contributed by atoms with Gasteiger partial charge in [0.2, 0.25) is 0 Å². The van der Waals surface area contributed by atoms with Crippen molar-refractivity contribution in [1.82, 2.24) is 5.73 Å². The Bertz CT molecular complexity index is 69.1. The molecule has 61 valence electrons. The van der Waals surface area contributed by atoms with Gasteiger partial charge in [0.15, 0.2) is 0 Å². The summed E-state index contributed by atoms with van der Waals surface area (Å²) in [5.41, 5.74) is 7.61. The van der Waals surface area contributed by atoms with Gasteiger partial charge >= 0.3 is 0 Å². The molecule has 1 unspecified atom stereocenters. The van der Waals surface area contributed by atoms with E-state index < -0.39 is 0 Å². The molecule has 1 nitrogen and oxygen atoms in total. The van der Waals surface area contributed by atoms with E-state index >= 15 is 0 Å². The first kappa shape index (κ1) is 9.96. The van der Waals surface area contributed by atoms with Crippen LogP contribution in [0.2, 0.25) is 0 Å². The van der Waals surface area contributed by atoms with Gasteiger partial charge in [0.1, 0.15) is 0 Å². The molecule has 0 saturated carbocycles. The van der Waals surface area contributed by atoms with Crippen molar-refractivity contribution >= 4 is 0 Å². The lowest BCUT2D eigenvalue weighted by Gasteiger charge is -2.13. The van der Waals surface area contributed by atoms with Crippen LogP contribution in [0.25, 0.3) is 0 Å². The van der Waals surface area contributed by atoms with Crippen LogP contribution in [0.4, 0.5) is 0 Å². The van der Waals surface area contributed by atoms with Crippen LogP contribution < -0.4 is 5.73 Å². The van der Waals surface area contributed by atoms with E-state index in [0.29, 0.717) is 5.92 Å². The third-order valence-corrected chi connectivity index (χ3v) is 1.92. The number of rotatable bonds is 5. The molecule has 0 fully saturated rings. The highest BCUT2D eigenvalue weighted by Crippen LogP contribution is 2.09. The van der Waals surface area contributed by atoms with Crippen LogP contribution in [0, 0.1) is 5.92 Å². The second-order valence-corrected chi connectivity index (χ2v) is 3.35. The van der Waals surface area contributed by atoms with Gasteiger partial charge in [-0.1, -0.05) is 40.0 Å². The normalized spacial score (nSPS) is 14.1. The molecular weight excluding hydrogens is 122 g/mol. The van der Waals surface area contributed by atoms with Gasteiger partial charge in [-0.25, -0.2) is 0 Å². The van der Waals surface area contributed by atoms with Crippen molar-refractivity contribution < 1.29 is 0 Å². The fourth-order valence-electron chi connectivity index (χ4n) is 0.948. The average molecular weight is 142 g/mol. The first-order valence-corrected chi connectivity index (χ1v) is 4.39. The summed E-state index contributed by atoms with van der Waals surface area (Å²) >= 11 is 0. The highest BCUT2D eigenvalue weighted by molar-refractivity contribution is 4.63. The average Bonchev–Trinajstić information content (AvgIpc) is 1.88. The highest BCUT2D eigenvalue weighted by Gasteiger charge is 2.06. The van der Waals surface area contributed by atoms with Crippen molar-refractivity contribution in [3.63, 3.8) is 0 Å². The summed E-state index contributed by atoms with van der Waals surface area (Å²) in [5.74, 6) is 0.539. The van der Waals surface area contributed by atoms with E-state index in [-0.39, 0.29) is 6.04 Å². The maximum absolute atomic E-state index is 7.61. The predicted octanol–water partition coefficient (Wildman–Crippen LogP) is 2.87.